The van der Waals surface area contributed by atoms with Crippen molar-refractivity contribution in [2.45, 2.75) is 17.8 Å². The first-order valence-corrected chi connectivity index (χ1v) is 6.21. The summed E-state index contributed by atoms with van der Waals surface area (Å²) in [4.78, 5) is 0. The standard InChI is InChI=1S/C13H18F3NO4/c14-13(15,16)10-3-1-9(2-4-10)11(21)5-17-12(6-18,7-19)8-20/h1-4,11,17-21H,5-8H2. The van der Waals surface area contributed by atoms with Crippen LogP contribution in [0.1, 0.15) is 17.2 Å². The minimum atomic E-state index is -4.44. The van der Waals surface area contributed by atoms with E-state index in [4.69, 9.17) is 15.3 Å². The predicted molar refractivity (Wildman–Crippen MR) is 68.4 cm³/mol. The van der Waals surface area contributed by atoms with Gasteiger partial charge in [-0.2, -0.15) is 13.2 Å². The number of β-amino-alcohol motifs (C(OH)–C–C–N with tert-alkyl or cyclic N) is 1. The van der Waals surface area contributed by atoms with Crippen molar-refractivity contribution >= 4 is 0 Å². The Morgan fingerprint density at radius 1 is 0.952 bits per heavy atom. The molecule has 5 N–H and O–H groups in total. The first-order chi connectivity index (χ1) is 9.78. The molecule has 8 heteroatoms. The third-order valence-corrected chi connectivity index (χ3v) is 3.20. The topological polar surface area (TPSA) is 93.0 Å². The van der Waals surface area contributed by atoms with E-state index < -0.39 is 43.2 Å². The Kier molecular flexibility index (Phi) is 6.11. The minimum absolute atomic E-state index is 0.146. The molecule has 21 heavy (non-hydrogen) atoms. The highest BCUT2D eigenvalue weighted by Gasteiger charge is 2.31. The van der Waals surface area contributed by atoms with E-state index in [9.17, 15) is 18.3 Å². The van der Waals surface area contributed by atoms with Gasteiger partial charge in [0.15, 0.2) is 0 Å². The van der Waals surface area contributed by atoms with Gasteiger partial charge in [-0.3, -0.25) is 0 Å². The number of hydrogen-bond donors (Lipinski definition) is 5. The average molecular weight is 309 g/mol. The molecule has 0 bridgehead atoms. The normalized spacial score (nSPS) is 14.2. The Bertz CT molecular complexity index is 424. The summed E-state index contributed by atoms with van der Waals surface area (Å²) in [6.07, 6.45) is -5.59. The first kappa shape index (κ1) is 17.9. The minimum Gasteiger partial charge on any atom is -0.394 e. The average Bonchev–Trinajstić information content (AvgIpc) is 2.48. The molecule has 0 spiro atoms. The highest BCUT2D eigenvalue weighted by molar-refractivity contribution is 5.26. The Hall–Kier alpha value is -1.19. The van der Waals surface area contributed by atoms with Gasteiger partial charge in [0, 0.05) is 6.54 Å². The molecule has 1 aromatic carbocycles. The largest absolute Gasteiger partial charge is 0.416 e. The molecule has 120 valence electrons. The quantitative estimate of drug-likeness (QED) is 0.491. The number of hydrogen-bond acceptors (Lipinski definition) is 5. The van der Waals surface area contributed by atoms with Crippen LogP contribution < -0.4 is 5.32 Å². The van der Waals surface area contributed by atoms with Crippen LogP contribution in [-0.4, -0.2) is 52.3 Å². The van der Waals surface area contributed by atoms with E-state index in [0.29, 0.717) is 0 Å². The molecule has 0 aliphatic rings. The fourth-order valence-corrected chi connectivity index (χ4v) is 1.64. The molecule has 0 amide bonds. The number of aliphatic hydroxyl groups excluding tert-OH is 4. The van der Waals surface area contributed by atoms with Crippen LogP contribution in [0.3, 0.4) is 0 Å². The van der Waals surface area contributed by atoms with Gasteiger partial charge >= 0.3 is 6.18 Å². The van der Waals surface area contributed by atoms with Crippen LogP contribution in [-0.2, 0) is 6.18 Å². The molecule has 0 fully saturated rings. The summed E-state index contributed by atoms with van der Waals surface area (Å²) in [7, 11) is 0. The lowest BCUT2D eigenvalue weighted by molar-refractivity contribution is -0.137. The number of aliphatic hydroxyl groups is 4. The Labute approximate surface area is 119 Å². The molecule has 1 rings (SSSR count). The molecule has 1 unspecified atom stereocenters. The SMILES string of the molecule is OCC(CO)(CO)NCC(O)c1ccc(C(F)(F)F)cc1. The highest BCUT2D eigenvalue weighted by atomic mass is 19.4. The second-order valence-corrected chi connectivity index (χ2v) is 4.77. The van der Waals surface area contributed by atoms with Crippen molar-refractivity contribution in [3.8, 4) is 0 Å². The molecular weight excluding hydrogens is 291 g/mol. The lowest BCUT2D eigenvalue weighted by Crippen LogP contribution is -2.55. The maximum Gasteiger partial charge on any atom is 0.416 e. The zero-order chi connectivity index (χ0) is 16.1. The van der Waals surface area contributed by atoms with Gasteiger partial charge in [-0.25, -0.2) is 0 Å². The third-order valence-electron chi connectivity index (χ3n) is 3.20. The molecular formula is C13H18F3NO4. The van der Waals surface area contributed by atoms with Crippen LogP contribution in [0.15, 0.2) is 24.3 Å². The van der Waals surface area contributed by atoms with Crippen LogP contribution in [0, 0.1) is 0 Å². The molecule has 0 saturated heterocycles. The van der Waals surface area contributed by atoms with E-state index in [1.165, 1.54) is 0 Å². The van der Waals surface area contributed by atoms with Gasteiger partial charge in [-0.1, -0.05) is 12.1 Å². The zero-order valence-electron chi connectivity index (χ0n) is 11.1. The van der Waals surface area contributed by atoms with Crippen molar-refractivity contribution in [3.63, 3.8) is 0 Å². The van der Waals surface area contributed by atoms with Crippen LogP contribution in [0.5, 0.6) is 0 Å². The van der Waals surface area contributed by atoms with Gasteiger partial charge in [0.2, 0.25) is 0 Å². The third kappa shape index (κ3) is 4.65. The predicted octanol–water partition coefficient (Wildman–Crippen LogP) is 0.0441. The van der Waals surface area contributed by atoms with E-state index in [2.05, 4.69) is 5.32 Å². The van der Waals surface area contributed by atoms with E-state index >= 15 is 0 Å². The number of nitrogens with one attached hydrogen (secondary N) is 1. The fraction of sp³-hybridized carbons (Fsp3) is 0.538. The summed E-state index contributed by atoms with van der Waals surface area (Å²) in [5, 5.41) is 39.8. The van der Waals surface area contributed by atoms with Crippen LogP contribution in [0.2, 0.25) is 0 Å². The van der Waals surface area contributed by atoms with Gasteiger partial charge in [-0.05, 0) is 17.7 Å². The molecule has 1 atom stereocenters. The van der Waals surface area contributed by atoms with Crippen molar-refractivity contribution in [2.24, 2.45) is 0 Å². The van der Waals surface area contributed by atoms with E-state index in [-0.39, 0.29) is 12.1 Å². The Morgan fingerprint density at radius 3 is 1.81 bits per heavy atom. The van der Waals surface area contributed by atoms with Crippen LogP contribution >= 0.6 is 0 Å². The van der Waals surface area contributed by atoms with Gasteiger partial charge in [0.05, 0.1) is 37.0 Å². The maximum atomic E-state index is 12.4. The summed E-state index contributed by atoms with van der Waals surface area (Å²) < 4.78 is 37.2. The highest BCUT2D eigenvalue weighted by Crippen LogP contribution is 2.29. The monoisotopic (exact) mass is 309 g/mol. The van der Waals surface area contributed by atoms with Crippen molar-refractivity contribution in [1.82, 2.24) is 5.32 Å². The van der Waals surface area contributed by atoms with Crippen molar-refractivity contribution < 1.29 is 33.6 Å². The zero-order valence-corrected chi connectivity index (χ0v) is 11.1. The second kappa shape index (κ2) is 7.19. The molecule has 0 aliphatic carbocycles. The summed E-state index contributed by atoms with van der Waals surface area (Å²) in [6, 6.07) is 4.01. The van der Waals surface area contributed by atoms with Crippen LogP contribution in [0.4, 0.5) is 13.2 Å². The van der Waals surface area contributed by atoms with E-state index in [0.717, 1.165) is 24.3 Å². The Morgan fingerprint density at radius 2 is 1.43 bits per heavy atom. The second-order valence-electron chi connectivity index (χ2n) is 4.77. The van der Waals surface area contributed by atoms with Gasteiger partial charge in [-0.15, -0.1) is 0 Å². The Balaban J connectivity index is 2.70. The molecule has 0 radical (unpaired) electrons. The number of rotatable bonds is 7. The van der Waals surface area contributed by atoms with E-state index in [1.54, 1.807) is 0 Å². The van der Waals surface area contributed by atoms with Crippen molar-refractivity contribution in [2.75, 3.05) is 26.4 Å². The lowest BCUT2D eigenvalue weighted by Gasteiger charge is -2.30. The molecule has 0 saturated carbocycles. The van der Waals surface area contributed by atoms with Crippen LogP contribution in [0.25, 0.3) is 0 Å². The molecule has 5 nitrogen and oxygen atoms in total. The first-order valence-electron chi connectivity index (χ1n) is 6.21. The number of benzene rings is 1. The van der Waals surface area contributed by atoms with Gasteiger partial charge in [0.1, 0.15) is 0 Å². The van der Waals surface area contributed by atoms with Gasteiger partial charge < -0.3 is 25.7 Å². The summed E-state index contributed by atoms with van der Waals surface area (Å²) in [5.74, 6) is 0. The maximum absolute atomic E-state index is 12.4. The summed E-state index contributed by atoms with van der Waals surface area (Å²) in [5.41, 5.74) is -1.92. The molecule has 1 aromatic rings. The van der Waals surface area contributed by atoms with Crippen molar-refractivity contribution in [1.29, 1.82) is 0 Å². The lowest BCUT2D eigenvalue weighted by atomic mass is 10.0. The fourth-order valence-electron chi connectivity index (χ4n) is 1.64. The number of halogens is 3. The van der Waals surface area contributed by atoms with E-state index in [1.807, 2.05) is 0 Å². The van der Waals surface area contributed by atoms with Crippen molar-refractivity contribution in [3.05, 3.63) is 35.4 Å². The molecule has 0 aliphatic heterocycles. The smallest absolute Gasteiger partial charge is 0.394 e. The van der Waals surface area contributed by atoms with Gasteiger partial charge in [0.25, 0.3) is 0 Å². The number of alkyl halides is 3. The molecule has 0 heterocycles. The summed E-state index contributed by atoms with van der Waals surface area (Å²) >= 11 is 0. The summed E-state index contributed by atoms with van der Waals surface area (Å²) in [6.45, 7) is -1.81. The molecule has 0 aromatic heterocycles.